The molecule has 0 aliphatic rings. The molecular weight excluding hydrogens is 316 g/mol. The Bertz CT molecular complexity index is 772. The zero-order valence-electron chi connectivity index (χ0n) is 14.5. The van der Waals surface area contributed by atoms with Gasteiger partial charge in [0, 0.05) is 43.3 Å². The van der Waals surface area contributed by atoms with Crippen LogP contribution in [0.1, 0.15) is 24.7 Å². The van der Waals surface area contributed by atoms with E-state index in [0.29, 0.717) is 12.5 Å². The Morgan fingerprint density at radius 3 is 2.64 bits per heavy atom. The second-order valence-corrected chi connectivity index (χ2v) is 5.91. The summed E-state index contributed by atoms with van der Waals surface area (Å²) >= 11 is 0. The van der Waals surface area contributed by atoms with Crippen molar-refractivity contribution in [3.63, 3.8) is 0 Å². The number of aromatic nitrogens is 4. The lowest BCUT2D eigenvalue weighted by Crippen LogP contribution is -2.17. The molecule has 0 fully saturated rings. The number of hydrogen-bond donors (Lipinski definition) is 1. The molecule has 1 N–H and O–H groups in total. The highest BCUT2D eigenvalue weighted by atomic mass is 16.5. The number of nitrogens with one attached hydrogen (secondary N) is 1. The number of pyridine rings is 1. The minimum Gasteiger partial charge on any atom is -0.359 e. The Balaban J connectivity index is 1.56. The van der Waals surface area contributed by atoms with E-state index in [4.69, 9.17) is 4.52 Å². The van der Waals surface area contributed by atoms with Crippen LogP contribution in [0.15, 0.2) is 47.4 Å². The maximum atomic E-state index is 5.42. The van der Waals surface area contributed by atoms with Crippen LogP contribution in [0.5, 0.6) is 0 Å². The topological polar surface area (TPSA) is 80.0 Å². The Labute approximate surface area is 147 Å². The first-order valence-electron chi connectivity index (χ1n) is 8.35. The van der Waals surface area contributed by atoms with Gasteiger partial charge in [0.1, 0.15) is 5.69 Å². The summed E-state index contributed by atoms with van der Waals surface area (Å²) in [4.78, 5) is 15.1. The fourth-order valence-electron chi connectivity index (χ4n) is 2.42. The monoisotopic (exact) mass is 338 g/mol. The minimum absolute atomic E-state index is 0.648. The summed E-state index contributed by atoms with van der Waals surface area (Å²) in [5.74, 6) is 1.47. The molecule has 3 heterocycles. The number of hydrogen-bond acceptors (Lipinski definition) is 7. The fraction of sp³-hybridized carbons (Fsp3) is 0.333. The van der Waals surface area contributed by atoms with E-state index in [2.05, 4.69) is 37.2 Å². The van der Waals surface area contributed by atoms with Crippen LogP contribution in [0.2, 0.25) is 0 Å². The first-order valence-corrected chi connectivity index (χ1v) is 8.35. The molecule has 0 saturated carbocycles. The molecule has 3 aromatic heterocycles. The lowest BCUT2D eigenvalue weighted by Gasteiger charge is -2.14. The highest BCUT2D eigenvalue weighted by molar-refractivity contribution is 5.52. The highest BCUT2D eigenvalue weighted by Crippen LogP contribution is 2.17. The molecule has 0 aliphatic carbocycles. The van der Waals surface area contributed by atoms with Gasteiger partial charge in [-0.3, -0.25) is 9.88 Å². The molecule has 0 radical (unpaired) electrons. The van der Waals surface area contributed by atoms with Crippen molar-refractivity contribution in [1.82, 2.24) is 25.0 Å². The fourth-order valence-corrected chi connectivity index (χ4v) is 2.42. The molecule has 130 valence electrons. The van der Waals surface area contributed by atoms with Gasteiger partial charge in [-0.05, 0) is 25.6 Å². The van der Waals surface area contributed by atoms with E-state index < -0.39 is 0 Å². The van der Waals surface area contributed by atoms with Crippen molar-refractivity contribution < 1.29 is 4.52 Å². The summed E-state index contributed by atoms with van der Waals surface area (Å²) in [7, 11) is 2.02. The number of rotatable bonds is 8. The average Bonchev–Trinajstić information content (AvgIpc) is 3.10. The molecule has 0 aromatic carbocycles. The lowest BCUT2D eigenvalue weighted by atomic mass is 10.2. The third-order valence-corrected chi connectivity index (χ3v) is 3.60. The normalized spacial score (nSPS) is 11.0. The smallest absolute Gasteiger partial charge is 0.222 e. The summed E-state index contributed by atoms with van der Waals surface area (Å²) in [6.45, 7) is 4.37. The van der Waals surface area contributed by atoms with Crippen LogP contribution in [0.4, 0.5) is 5.95 Å². The zero-order chi connectivity index (χ0) is 17.5. The van der Waals surface area contributed by atoms with Gasteiger partial charge in [-0.1, -0.05) is 18.1 Å². The largest absolute Gasteiger partial charge is 0.359 e. The van der Waals surface area contributed by atoms with Gasteiger partial charge in [-0.25, -0.2) is 9.97 Å². The molecule has 0 aliphatic heterocycles. The van der Waals surface area contributed by atoms with Gasteiger partial charge in [0.2, 0.25) is 5.95 Å². The zero-order valence-corrected chi connectivity index (χ0v) is 14.5. The molecule has 3 rings (SSSR count). The van der Waals surface area contributed by atoms with E-state index in [0.717, 1.165) is 42.2 Å². The van der Waals surface area contributed by atoms with Gasteiger partial charge in [0.05, 0.1) is 12.2 Å². The van der Waals surface area contributed by atoms with Crippen molar-refractivity contribution in [1.29, 1.82) is 0 Å². The highest BCUT2D eigenvalue weighted by Gasteiger charge is 2.10. The Hall–Kier alpha value is -2.80. The quantitative estimate of drug-likeness (QED) is 0.676. The number of nitrogens with zero attached hydrogens (tertiary/aromatic N) is 5. The van der Waals surface area contributed by atoms with Gasteiger partial charge in [-0.2, -0.15) is 0 Å². The van der Waals surface area contributed by atoms with Crippen molar-refractivity contribution in [3.8, 4) is 11.4 Å². The predicted molar refractivity (Wildman–Crippen MR) is 95.7 cm³/mol. The van der Waals surface area contributed by atoms with Crippen LogP contribution in [0.3, 0.4) is 0 Å². The van der Waals surface area contributed by atoms with E-state index in [1.807, 2.05) is 43.7 Å². The summed E-state index contributed by atoms with van der Waals surface area (Å²) < 4.78 is 5.42. The van der Waals surface area contributed by atoms with Crippen molar-refractivity contribution in [3.05, 3.63) is 54.2 Å². The van der Waals surface area contributed by atoms with E-state index in [1.165, 1.54) is 0 Å². The summed E-state index contributed by atoms with van der Waals surface area (Å²) in [5, 5.41) is 7.26. The van der Waals surface area contributed by atoms with E-state index in [-0.39, 0.29) is 0 Å². The molecule has 0 unspecified atom stereocenters. The third kappa shape index (κ3) is 4.84. The van der Waals surface area contributed by atoms with Crippen LogP contribution in [0.25, 0.3) is 11.4 Å². The molecule has 0 saturated heterocycles. The SMILES string of the molecule is CCCNc1ncc(CN(C)Cc2cc(-c3ccccn3)no2)cn1. The average molecular weight is 338 g/mol. The Morgan fingerprint density at radius 2 is 1.92 bits per heavy atom. The van der Waals surface area contributed by atoms with Crippen molar-refractivity contribution in [2.45, 2.75) is 26.4 Å². The van der Waals surface area contributed by atoms with E-state index in [9.17, 15) is 0 Å². The number of anilines is 1. The molecule has 0 bridgehead atoms. The molecule has 3 aromatic rings. The lowest BCUT2D eigenvalue weighted by molar-refractivity contribution is 0.266. The summed E-state index contributed by atoms with van der Waals surface area (Å²) in [6.07, 6.45) is 6.49. The standard InChI is InChI=1S/C18H22N6O/c1-3-7-20-18-21-10-14(11-22-18)12-24(2)13-15-9-17(23-25-15)16-6-4-5-8-19-16/h4-6,8-11H,3,7,12-13H2,1-2H3,(H,20,21,22). The van der Waals surface area contributed by atoms with Gasteiger partial charge in [0.15, 0.2) is 5.76 Å². The second kappa shape index (κ2) is 8.34. The van der Waals surface area contributed by atoms with Gasteiger partial charge in [0.25, 0.3) is 0 Å². The van der Waals surface area contributed by atoms with Crippen LogP contribution in [-0.4, -0.2) is 38.6 Å². The molecule has 7 heteroatoms. The molecular formula is C18H22N6O. The van der Waals surface area contributed by atoms with E-state index >= 15 is 0 Å². The maximum absolute atomic E-state index is 5.42. The van der Waals surface area contributed by atoms with Crippen molar-refractivity contribution in [2.75, 3.05) is 18.9 Å². The maximum Gasteiger partial charge on any atom is 0.222 e. The first-order chi connectivity index (χ1) is 12.2. The van der Waals surface area contributed by atoms with Crippen LogP contribution >= 0.6 is 0 Å². The second-order valence-electron chi connectivity index (χ2n) is 5.91. The molecule has 25 heavy (non-hydrogen) atoms. The van der Waals surface area contributed by atoms with Gasteiger partial charge in [-0.15, -0.1) is 0 Å². The van der Waals surface area contributed by atoms with Crippen LogP contribution < -0.4 is 5.32 Å². The Kier molecular flexibility index (Phi) is 5.69. The summed E-state index contributed by atoms with van der Waals surface area (Å²) in [5.41, 5.74) is 2.61. The van der Waals surface area contributed by atoms with Crippen molar-refractivity contribution >= 4 is 5.95 Å². The predicted octanol–water partition coefficient (Wildman–Crippen LogP) is 2.98. The minimum atomic E-state index is 0.648. The van der Waals surface area contributed by atoms with Crippen LogP contribution in [-0.2, 0) is 13.1 Å². The van der Waals surface area contributed by atoms with E-state index in [1.54, 1.807) is 6.20 Å². The molecule has 0 atom stereocenters. The first kappa shape index (κ1) is 17.0. The van der Waals surface area contributed by atoms with Gasteiger partial charge >= 0.3 is 0 Å². The molecule has 7 nitrogen and oxygen atoms in total. The Morgan fingerprint density at radius 1 is 1.08 bits per heavy atom. The summed E-state index contributed by atoms with van der Waals surface area (Å²) in [6, 6.07) is 7.65. The molecule has 0 spiro atoms. The van der Waals surface area contributed by atoms with Crippen molar-refractivity contribution in [2.24, 2.45) is 0 Å². The molecule has 0 amide bonds. The third-order valence-electron chi connectivity index (χ3n) is 3.60. The van der Waals surface area contributed by atoms with Gasteiger partial charge < -0.3 is 9.84 Å². The van der Waals surface area contributed by atoms with Crippen LogP contribution in [0, 0.1) is 0 Å².